The highest BCUT2D eigenvalue weighted by molar-refractivity contribution is 6.44. The van der Waals surface area contributed by atoms with Crippen LogP contribution in [0.3, 0.4) is 0 Å². The van der Waals surface area contributed by atoms with Crippen molar-refractivity contribution in [3.63, 3.8) is 0 Å². The van der Waals surface area contributed by atoms with Gasteiger partial charge in [0.25, 0.3) is 11.8 Å². The van der Waals surface area contributed by atoms with E-state index in [4.69, 9.17) is 23.2 Å². The summed E-state index contributed by atoms with van der Waals surface area (Å²) in [5, 5.41) is 10.3. The molecule has 0 atom stereocenters. The molecule has 34 heavy (non-hydrogen) atoms. The predicted molar refractivity (Wildman–Crippen MR) is 135 cm³/mol. The molecule has 2 N–H and O–H groups in total. The Balaban J connectivity index is 1.46. The number of aryl methyl sites for hydroxylation is 1. The topological polar surface area (TPSA) is 82.5 Å². The molecule has 1 aromatic heterocycles. The summed E-state index contributed by atoms with van der Waals surface area (Å²) in [5.74, 6) is -0.827. The molecule has 10 heteroatoms. The fraction of sp³-hybridized carbons (Fsp3) is 0.292. The number of aromatic nitrogens is 2. The predicted octanol–water partition coefficient (Wildman–Crippen LogP) is 3.98. The van der Waals surface area contributed by atoms with Crippen molar-refractivity contribution >= 4 is 46.4 Å². The van der Waals surface area contributed by atoms with E-state index in [0.29, 0.717) is 22.0 Å². The number of piperazine rings is 1. The van der Waals surface area contributed by atoms with E-state index in [0.717, 1.165) is 38.3 Å². The average Bonchev–Trinajstić information content (AvgIpc) is 3.18. The lowest BCUT2D eigenvalue weighted by Crippen LogP contribution is -2.43. The van der Waals surface area contributed by atoms with Crippen LogP contribution in [-0.2, 0) is 13.6 Å². The standard InChI is InChI=1S/C24H26Cl2N6O2/c1-30-9-11-32(12-10-30)14-16-5-3-6-17(13-16)23(33)28-20-15-31(2)29-22(20)24(34)27-19-8-4-7-18(25)21(19)26/h3-8,13,15H,9-12,14H2,1-2H3,(H,27,34)(H,28,33). The molecule has 8 nitrogen and oxygen atoms in total. The van der Waals surface area contributed by atoms with E-state index >= 15 is 0 Å². The summed E-state index contributed by atoms with van der Waals surface area (Å²) in [6.45, 7) is 4.85. The molecule has 0 unspecified atom stereocenters. The van der Waals surface area contributed by atoms with Crippen molar-refractivity contribution in [1.82, 2.24) is 19.6 Å². The maximum absolute atomic E-state index is 13.0. The van der Waals surface area contributed by atoms with Crippen LogP contribution in [0.4, 0.5) is 11.4 Å². The fourth-order valence-electron chi connectivity index (χ4n) is 3.80. The Bertz CT molecular complexity index is 1200. The van der Waals surface area contributed by atoms with Crippen LogP contribution in [0.5, 0.6) is 0 Å². The number of rotatable bonds is 6. The summed E-state index contributed by atoms with van der Waals surface area (Å²) in [7, 11) is 3.80. The summed E-state index contributed by atoms with van der Waals surface area (Å²) in [6.07, 6.45) is 1.58. The molecule has 2 aromatic carbocycles. The molecule has 0 radical (unpaired) electrons. The number of anilines is 2. The van der Waals surface area contributed by atoms with E-state index < -0.39 is 5.91 Å². The molecule has 1 aliphatic rings. The van der Waals surface area contributed by atoms with Gasteiger partial charge in [0, 0.05) is 51.5 Å². The van der Waals surface area contributed by atoms with Gasteiger partial charge in [-0.1, -0.05) is 41.4 Å². The molecule has 1 saturated heterocycles. The summed E-state index contributed by atoms with van der Waals surface area (Å²) < 4.78 is 1.47. The minimum absolute atomic E-state index is 0.0699. The number of hydrogen-bond acceptors (Lipinski definition) is 5. The van der Waals surface area contributed by atoms with Crippen LogP contribution >= 0.6 is 23.2 Å². The van der Waals surface area contributed by atoms with Crippen molar-refractivity contribution in [1.29, 1.82) is 0 Å². The maximum Gasteiger partial charge on any atom is 0.278 e. The summed E-state index contributed by atoms with van der Waals surface area (Å²) in [4.78, 5) is 30.6. The molecule has 4 rings (SSSR count). The zero-order chi connectivity index (χ0) is 24.2. The Morgan fingerprint density at radius 1 is 0.941 bits per heavy atom. The molecule has 0 aliphatic carbocycles. The molecule has 1 fully saturated rings. The van der Waals surface area contributed by atoms with E-state index in [2.05, 4.69) is 32.6 Å². The van der Waals surface area contributed by atoms with Crippen molar-refractivity contribution in [2.45, 2.75) is 6.54 Å². The van der Waals surface area contributed by atoms with Crippen LogP contribution in [0.15, 0.2) is 48.7 Å². The Morgan fingerprint density at radius 3 is 2.41 bits per heavy atom. The first kappa shape index (κ1) is 24.2. The molecule has 1 aliphatic heterocycles. The van der Waals surface area contributed by atoms with Gasteiger partial charge in [0.05, 0.1) is 21.4 Å². The summed E-state index contributed by atoms with van der Waals surface area (Å²) in [6, 6.07) is 12.5. The van der Waals surface area contributed by atoms with E-state index in [-0.39, 0.29) is 16.6 Å². The first-order valence-corrected chi connectivity index (χ1v) is 11.7. The number of hydrogen-bond donors (Lipinski definition) is 2. The minimum Gasteiger partial charge on any atom is -0.319 e. The van der Waals surface area contributed by atoms with Gasteiger partial charge in [-0.15, -0.1) is 0 Å². The molecule has 0 spiro atoms. The average molecular weight is 501 g/mol. The Labute approximate surface area is 208 Å². The lowest BCUT2D eigenvalue weighted by molar-refractivity contribution is 0.102. The van der Waals surface area contributed by atoms with E-state index in [9.17, 15) is 9.59 Å². The van der Waals surface area contributed by atoms with Gasteiger partial charge in [-0.2, -0.15) is 5.10 Å². The number of nitrogens with one attached hydrogen (secondary N) is 2. The van der Waals surface area contributed by atoms with Crippen LogP contribution < -0.4 is 10.6 Å². The van der Waals surface area contributed by atoms with Crippen molar-refractivity contribution in [3.8, 4) is 0 Å². The third kappa shape index (κ3) is 5.77. The molecular formula is C24H26Cl2N6O2. The number of amides is 2. The monoisotopic (exact) mass is 500 g/mol. The highest BCUT2D eigenvalue weighted by atomic mass is 35.5. The number of benzene rings is 2. The quantitative estimate of drug-likeness (QED) is 0.534. The van der Waals surface area contributed by atoms with Gasteiger partial charge in [-0.25, -0.2) is 0 Å². The van der Waals surface area contributed by atoms with Crippen LogP contribution in [0, 0.1) is 0 Å². The van der Waals surface area contributed by atoms with Crippen LogP contribution in [0.25, 0.3) is 0 Å². The smallest absolute Gasteiger partial charge is 0.278 e. The first-order chi connectivity index (χ1) is 16.3. The summed E-state index contributed by atoms with van der Waals surface area (Å²) >= 11 is 12.2. The minimum atomic E-state index is -0.510. The molecule has 0 bridgehead atoms. The SMILES string of the molecule is CN1CCN(Cc2cccc(C(=O)Nc3cn(C)nc3C(=O)Nc3cccc(Cl)c3Cl)c2)CC1. The largest absolute Gasteiger partial charge is 0.319 e. The highest BCUT2D eigenvalue weighted by Gasteiger charge is 2.21. The zero-order valence-electron chi connectivity index (χ0n) is 19.0. The Morgan fingerprint density at radius 2 is 1.65 bits per heavy atom. The van der Waals surface area contributed by atoms with E-state index in [1.165, 1.54) is 4.68 Å². The van der Waals surface area contributed by atoms with Crippen molar-refractivity contribution in [3.05, 3.63) is 75.5 Å². The zero-order valence-corrected chi connectivity index (χ0v) is 20.5. The van der Waals surface area contributed by atoms with Gasteiger partial charge in [0.2, 0.25) is 0 Å². The molecule has 2 amide bonds. The third-order valence-electron chi connectivity index (χ3n) is 5.68. The second-order valence-electron chi connectivity index (χ2n) is 8.35. The van der Waals surface area contributed by atoms with Crippen molar-refractivity contribution < 1.29 is 9.59 Å². The number of nitrogens with zero attached hydrogens (tertiary/aromatic N) is 4. The molecular weight excluding hydrogens is 475 g/mol. The normalized spacial score (nSPS) is 14.7. The van der Waals surface area contributed by atoms with Gasteiger partial charge in [0.1, 0.15) is 0 Å². The number of carbonyl (C=O) groups excluding carboxylic acids is 2. The van der Waals surface area contributed by atoms with Crippen LogP contribution in [0.2, 0.25) is 10.0 Å². The lowest BCUT2D eigenvalue weighted by atomic mass is 10.1. The van der Waals surface area contributed by atoms with Gasteiger partial charge in [-0.05, 0) is 36.9 Å². The number of carbonyl (C=O) groups is 2. The molecule has 0 saturated carbocycles. The van der Waals surface area contributed by atoms with Crippen molar-refractivity contribution in [2.75, 3.05) is 43.9 Å². The second-order valence-corrected chi connectivity index (χ2v) is 9.14. The Kier molecular flexibility index (Phi) is 7.53. The maximum atomic E-state index is 13.0. The molecule has 2 heterocycles. The first-order valence-electron chi connectivity index (χ1n) is 10.9. The second kappa shape index (κ2) is 10.6. The summed E-state index contributed by atoms with van der Waals surface area (Å²) in [5.41, 5.74) is 2.31. The van der Waals surface area contributed by atoms with Gasteiger partial charge < -0.3 is 15.5 Å². The number of halogens is 2. The van der Waals surface area contributed by atoms with Gasteiger partial charge >= 0.3 is 0 Å². The highest BCUT2D eigenvalue weighted by Crippen LogP contribution is 2.30. The van der Waals surface area contributed by atoms with Gasteiger partial charge in [0.15, 0.2) is 5.69 Å². The lowest BCUT2D eigenvalue weighted by Gasteiger charge is -2.32. The van der Waals surface area contributed by atoms with Gasteiger partial charge in [-0.3, -0.25) is 19.2 Å². The van der Waals surface area contributed by atoms with Crippen LogP contribution in [0.1, 0.15) is 26.4 Å². The third-order valence-corrected chi connectivity index (χ3v) is 6.50. The number of likely N-dealkylation sites (N-methyl/N-ethyl adjacent to an activating group) is 1. The Hall–Kier alpha value is -2.91. The van der Waals surface area contributed by atoms with E-state index in [1.807, 2.05) is 18.2 Å². The molecule has 178 valence electrons. The van der Waals surface area contributed by atoms with Crippen LogP contribution in [-0.4, -0.2) is 64.6 Å². The molecule has 3 aromatic rings. The van der Waals surface area contributed by atoms with Crippen molar-refractivity contribution in [2.24, 2.45) is 7.05 Å². The van der Waals surface area contributed by atoms with E-state index in [1.54, 1.807) is 37.5 Å². The fourth-order valence-corrected chi connectivity index (χ4v) is 4.15.